The fourth-order valence-corrected chi connectivity index (χ4v) is 3.36. The van der Waals surface area contributed by atoms with Crippen LogP contribution in [0.3, 0.4) is 0 Å². The van der Waals surface area contributed by atoms with Gasteiger partial charge in [-0.05, 0) is 54.1 Å². The van der Waals surface area contributed by atoms with Crippen molar-refractivity contribution in [2.24, 2.45) is 0 Å². The predicted molar refractivity (Wildman–Crippen MR) is 123 cm³/mol. The van der Waals surface area contributed by atoms with Crippen LogP contribution in [0.15, 0.2) is 79.1 Å². The number of anilines is 1. The molecule has 162 valence electrons. The van der Waals surface area contributed by atoms with E-state index in [0.29, 0.717) is 39.2 Å². The number of halogens is 3. The van der Waals surface area contributed by atoms with Crippen LogP contribution in [0, 0.1) is 5.82 Å². The molecule has 0 atom stereocenters. The third-order valence-electron chi connectivity index (χ3n) is 4.71. The number of hydrogen-bond acceptors (Lipinski definition) is 3. The number of amides is 1. The molecule has 0 spiro atoms. The fourth-order valence-electron chi connectivity index (χ4n) is 3.01. The zero-order chi connectivity index (χ0) is 22.5. The maximum absolute atomic E-state index is 14.0. The van der Waals surface area contributed by atoms with Gasteiger partial charge in [0.2, 0.25) is 0 Å². The molecule has 0 saturated carbocycles. The maximum atomic E-state index is 14.0. The molecule has 0 unspecified atom stereocenters. The van der Waals surface area contributed by atoms with Crippen LogP contribution in [0.4, 0.5) is 10.1 Å². The number of ether oxygens (including phenoxy) is 1. The highest BCUT2D eigenvalue weighted by molar-refractivity contribution is 6.31. The maximum Gasteiger partial charge on any atom is 0.255 e. The standard InChI is InChI=1S/C24H18Cl2FN3O2/c25-18-8-10-20(11-9-18)32-15-16-4-6-17(7-5-16)24(31)29-19-12-28-30(13-19)14-21-22(26)2-1-3-23(21)27/h1-13H,14-15H2,(H,29,31). The van der Waals surface area contributed by atoms with E-state index >= 15 is 0 Å². The van der Waals surface area contributed by atoms with Gasteiger partial charge in [-0.15, -0.1) is 0 Å². The largest absolute Gasteiger partial charge is 0.489 e. The van der Waals surface area contributed by atoms with Crippen LogP contribution in [0.5, 0.6) is 5.75 Å². The Balaban J connectivity index is 1.34. The van der Waals surface area contributed by atoms with Gasteiger partial charge in [-0.3, -0.25) is 9.48 Å². The van der Waals surface area contributed by atoms with Gasteiger partial charge in [0, 0.05) is 27.4 Å². The average molecular weight is 470 g/mol. The topological polar surface area (TPSA) is 56.2 Å². The van der Waals surface area contributed by atoms with Crippen LogP contribution in [0.2, 0.25) is 10.0 Å². The number of rotatable bonds is 7. The van der Waals surface area contributed by atoms with E-state index in [9.17, 15) is 9.18 Å². The third-order valence-corrected chi connectivity index (χ3v) is 5.31. The molecule has 0 aliphatic carbocycles. The van der Waals surface area contributed by atoms with E-state index in [1.165, 1.54) is 16.9 Å². The van der Waals surface area contributed by atoms with Crippen molar-refractivity contribution in [3.63, 3.8) is 0 Å². The van der Waals surface area contributed by atoms with Crippen molar-refractivity contribution in [2.45, 2.75) is 13.2 Å². The van der Waals surface area contributed by atoms with Crippen LogP contribution in [-0.2, 0) is 13.2 Å². The molecule has 1 N–H and O–H groups in total. The Hall–Kier alpha value is -3.35. The number of carbonyl (C=O) groups excluding carboxylic acids is 1. The second kappa shape index (κ2) is 9.85. The Morgan fingerprint density at radius 1 is 1.03 bits per heavy atom. The fraction of sp³-hybridized carbons (Fsp3) is 0.0833. The number of benzene rings is 3. The highest BCUT2D eigenvalue weighted by atomic mass is 35.5. The zero-order valence-corrected chi connectivity index (χ0v) is 18.3. The Labute approximate surface area is 194 Å². The molecule has 5 nitrogen and oxygen atoms in total. The summed E-state index contributed by atoms with van der Waals surface area (Å²) in [5.74, 6) is 0.0299. The molecular formula is C24H18Cl2FN3O2. The van der Waals surface area contributed by atoms with E-state index in [2.05, 4.69) is 10.4 Å². The molecule has 0 aliphatic rings. The summed E-state index contributed by atoms with van der Waals surface area (Å²) in [6.07, 6.45) is 3.12. The minimum Gasteiger partial charge on any atom is -0.489 e. The lowest BCUT2D eigenvalue weighted by Crippen LogP contribution is -2.11. The van der Waals surface area contributed by atoms with Crippen molar-refractivity contribution in [2.75, 3.05) is 5.32 Å². The van der Waals surface area contributed by atoms with Gasteiger partial charge in [-0.1, -0.05) is 41.4 Å². The summed E-state index contributed by atoms with van der Waals surface area (Å²) in [6, 6.07) is 18.7. The molecule has 0 fully saturated rings. The number of hydrogen-bond donors (Lipinski definition) is 1. The molecule has 1 aromatic heterocycles. The van der Waals surface area contributed by atoms with Crippen molar-refractivity contribution in [1.29, 1.82) is 0 Å². The number of nitrogens with one attached hydrogen (secondary N) is 1. The highest BCUT2D eigenvalue weighted by Gasteiger charge is 2.11. The van der Waals surface area contributed by atoms with E-state index in [0.717, 1.165) is 5.56 Å². The smallest absolute Gasteiger partial charge is 0.255 e. The van der Waals surface area contributed by atoms with E-state index in [4.69, 9.17) is 27.9 Å². The molecule has 1 heterocycles. The van der Waals surface area contributed by atoms with E-state index < -0.39 is 5.82 Å². The van der Waals surface area contributed by atoms with Gasteiger partial charge < -0.3 is 10.1 Å². The molecule has 0 aliphatic heterocycles. The molecule has 4 aromatic rings. The molecule has 0 radical (unpaired) electrons. The second-order valence-electron chi connectivity index (χ2n) is 7.02. The summed E-state index contributed by atoms with van der Waals surface area (Å²) < 4.78 is 21.2. The molecule has 32 heavy (non-hydrogen) atoms. The minimum absolute atomic E-state index is 0.156. The summed E-state index contributed by atoms with van der Waals surface area (Å²) in [4.78, 5) is 12.5. The van der Waals surface area contributed by atoms with Crippen LogP contribution >= 0.6 is 23.2 Å². The van der Waals surface area contributed by atoms with Gasteiger partial charge in [0.15, 0.2) is 0 Å². The molecule has 8 heteroatoms. The molecule has 0 bridgehead atoms. The minimum atomic E-state index is -0.404. The van der Waals surface area contributed by atoms with E-state index in [1.54, 1.807) is 54.7 Å². The molecule has 0 saturated heterocycles. The predicted octanol–water partition coefficient (Wildman–Crippen LogP) is 6.21. The van der Waals surface area contributed by atoms with Crippen LogP contribution in [0.25, 0.3) is 0 Å². The lowest BCUT2D eigenvalue weighted by atomic mass is 10.1. The highest BCUT2D eigenvalue weighted by Crippen LogP contribution is 2.21. The first-order valence-electron chi connectivity index (χ1n) is 9.72. The third kappa shape index (κ3) is 5.46. The van der Waals surface area contributed by atoms with Crippen molar-refractivity contribution in [3.8, 4) is 5.75 Å². The van der Waals surface area contributed by atoms with Crippen molar-refractivity contribution >= 4 is 34.8 Å². The second-order valence-corrected chi connectivity index (χ2v) is 7.86. The Kier molecular flexibility index (Phi) is 6.73. The first-order chi connectivity index (χ1) is 15.5. The molecular weight excluding hydrogens is 452 g/mol. The van der Waals surface area contributed by atoms with Crippen molar-refractivity contribution in [1.82, 2.24) is 9.78 Å². The Bertz CT molecular complexity index is 1200. The summed E-state index contributed by atoms with van der Waals surface area (Å²) in [6.45, 7) is 0.526. The lowest BCUT2D eigenvalue weighted by molar-refractivity contribution is 0.102. The van der Waals surface area contributed by atoms with Crippen molar-refractivity contribution < 1.29 is 13.9 Å². The average Bonchev–Trinajstić information content (AvgIpc) is 3.23. The Morgan fingerprint density at radius 2 is 1.78 bits per heavy atom. The molecule has 3 aromatic carbocycles. The Morgan fingerprint density at radius 3 is 2.50 bits per heavy atom. The van der Waals surface area contributed by atoms with Crippen LogP contribution in [0.1, 0.15) is 21.5 Å². The summed E-state index contributed by atoms with van der Waals surface area (Å²) in [5.41, 5.74) is 2.25. The van der Waals surface area contributed by atoms with Gasteiger partial charge in [0.25, 0.3) is 5.91 Å². The van der Waals surface area contributed by atoms with Crippen molar-refractivity contribution in [3.05, 3.63) is 112 Å². The summed E-state index contributed by atoms with van der Waals surface area (Å²) >= 11 is 11.9. The quantitative estimate of drug-likeness (QED) is 0.350. The number of nitrogens with zero attached hydrogens (tertiary/aromatic N) is 2. The number of aromatic nitrogens is 2. The summed E-state index contributed by atoms with van der Waals surface area (Å²) in [5, 5.41) is 7.92. The van der Waals surface area contributed by atoms with Crippen LogP contribution in [-0.4, -0.2) is 15.7 Å². The molecule has 4 rings (SSSR count). The first kappa shape index (κ1) is 21.9. The van der Waals surface area contributed by atoms with Gasteiger partial charge in [0.1, 0.15) is 18.2 Å². The first-order valence-corrected chi connectivity index (χ1v) is 10.5. The number of carbonyl (C=O) groups is 1. The van der Waals surface area contributed by atoms with Gasteiger partial charge >= 0.3 is 0 Å². The zero-order valence-electron chi connectivity index (χ0n) is 16.8. The van der Waals surface area contributed by atoms with Crippen LogP contribution < -0.4 is 10.1 Å². The van der Waals surface area contributed by atoms with Gasteiger partial charge in [0.05, 0.1) is 18.4 Å². The summed E-state index contributed by atoms with van der Waals surface area (Å²) in [7, 11) is 0. The monoisotopic (exact) mass is 469 g/mol. The van der Waals surface area contributed by atoms with Gasteiger partial charge in [-0.25, -0.2) is 4.39 Å². The SMILES string of the molecule is O=C(Nc1cnn(Cc2c(F)cccc2Cl)c1)c1ccc(COc2ccc(Cl)cc2)cc1. The van der Waals surface area contributed by atoms with Gasteiger partial charge in [-0.2, -0.15) is 5.10 Å². The van der Waals surface area contributed by atoms with E-state index in [-0.39, 0.29) is 12.5 Å². The normalized spacial score (nSPS) is 10.7. The molecule has 1 amide bonds. The lowest BCUT2D eigenvalue weighted by Gasteiger charge is -2.08. The van der Waals surface area contributed by atoms with E-state index in [1.807, 2.05) is 12.1 Å².